The zero-order valence-corrected chi connectivity index (χ0v) is 11.7. The first-order valence-electron chi connectivity index (χ1n) is 6.26. The minimum absolute atomic E-state index is 0.248. The molecular formula is C16H17FOS. The molecule has 0 aliphatic heterocycles. The number of thioether (sulfide) groups is 1. The van der Waals surface area contributed by atoms with Crippen molar-refractivity contribution in [3.63, 3.8) is 0 Å². The van der Waals surface area contributed by atoms with E-state index in [-0.39, 0.29) is 5.82 Å². The average Bonchev–Trinajstić information content (AvgIpc) is 2.40. The van der Waals surface area contributed by atoms with Gasteiger partial charge >= 0.3 is 0 Å². The second-order valence-corrected chi connectivity index (χ2v) is 5.59. The summed E-state index contributed by atoms with van der Waals surface area (Å²) in [4.78, 5) is 1.16. The lowest BCUT2D eigenvalue weighted by Crippen LogP contribution is -2.14. The lowest BCUT2D eigenvalue weighted by Gasteiger charge is -2.12. The van der Waals surface area contributed by atoms with Gasteiger partial charge in [-0.15, -0.1) is 11.8 Å². The third kappa shape index (κ3) is 4.08. The van der Waals surface area contributed by atoms with E-state index in [1.54, 1.807) is 30.0 Å². The van der Waals surface area contributed by atoms with Crippen LogP contribution in [0, 0.1) is 12.7 Å². The first-order chi connectivity index (χ1) is 9.16. The van der Waals surface area contributed by atoms with Crippen LogP contribution in [0.2, 0.25) is 0 Å². The fourth-order valence-electron chi connectivity index (χ4n) is 1.88. The van der Waals surface area contributed by atoms with Crippen LogP contribution < -0.4 is 0 Å². The van der Waals surface area contributed by atoms with Gasteiger partial charge in [0.25, 0.3) is 0 Å². The van der Waals surface area contributed by atoms with Crippen LogP contribution in [0.1, 0.15) is 11.1 Å². The number of aliphatic hydroxyl groups is 1. The number of hydrogen-bond donors (Lipinski definition) is 1. The molecule has 0 radical (unpaired) electrons. The minimum Gasteiger partial charge on any atom is -0.392 e. The molecule has 100 valence electrons. The lowest BCUT2D eigenvalue weighted by atomic mass is 10.1. The summed E-state index contributed by atoms with van der Waals surface area (Å²) in [6.45, 7) is 2.05. The summed E-state index contributed by atoms with van der Waals surface area (Å²) in [5.41, 5.74) is 1.77. The number of benzene rings is 2. The van der Waals surface area contributed by atoms with Crippen LogP contribution in [0.15, 0.2) is 53.4 Å². The molecule has 2 rings (SSSR count). The highest BCUT2D eigenvalue weighted by atomic mass is 32.2. The Labute approximate surface area is 117 Å². The van der Waals surface area contributed by atoms with Crippen LogP contribution in [-0.4, -0.2) is 17.0 Å². The number of halogens is 1. The van der Waals surface area contributed by atoms with E-state index >= 15 is 0 Å². The monoisotopic (exact) mass is 276 g/mol. The van der Waals surface area contributed by atoms with E-state index in [0.717, 1.165) is 4.90 Å². The van der Waals surface area contributed by atoms with E-state index in [9.17, 15) is 9.50 Å². The van der Waals surface area contributed by atoms with Gasteiger partial charge in [0.2, 0.25) is 0 Å². The van der Waals surface area contributed by atoms with Gasteiger partial charge < -0.3 is 5.11 Å². The summed E-state index contributed by atoms with van der Waals surface area (Å²) in [6, 6.07) is 14.7. The zero-order valence-electron chi connectivity index (χ0n) is 10.8. The van der Waals surface area contributed by atoms with Crippen LogP contribution in [0.3, 0.4) is 0 Å². The zero-order chi connectivity index (χ0) is 13.7. The molecule has 0 heterocycles. The van der Waals surface area contributed by atoms with Crippen LogP contribution in [0.4, 0.5) is 4.39 Å². The first-order valence-corrected chi connectivity index (χ1v) is 7.25. The van der Waals surface area contributed by atoms with Gasteiger partial charge in [-0.2, -0.15) is 0 Å². The topological polar surface area (TPSA) is 20.2 Å². The van der Waals surface area contributed by atoms with Crippen molar-refractivity contribution in [1.82, 2.24) is 0 Å². The maximum absolute atomic E-state index is 13.5. The van der Waals surface area contributed by atoms with E-state index in [4.69, 9.17) is 0 Å². The Hall–Kier alpha value is -1.32. The fraction of sp³-hybridized carbons (Fsp3) is 0.250. The quantitative estimate of drug-likeness (QED) is 0.838. The van der Waals surface area contributed by atoms with Crippen molar-refractivity contribution in [3.05, 3.63) is 65.5 Å². The molecule has 0 saturated carbocycles. The van der Waals surface area contributed by atoms with E-state index in [0.29, 0.717) is 17.7 Å². The van der Waals surface area contributed by atoms with Crippen molar-refractivity contribution >= 4 is 11.8 Å². The van der Waals surface area contributed by atoms with Gasteiger partial charge in [-0.25, -0.2) is 4.39 Å². The van der Waals surface area contributed by atoms with Crippen molar-refractivity contribution in [2.45, 2.75) is 24.3 Å². The summed E-state index contributed by atoms with van der Waals surface area (Å²) in [7, 11) is 0. The highest BCUT2D eigenvalue weighted by Crippen LogP contribution is 2.23. The molecule has 0 aromatic heterocycles. The lowest BCUT2D eigenvalue weighted by molar-refractivity contribution is 0.198. The summed E-state index contributed by atoms with van der Waals surface area (Å²) >= 11 is 1.61. The predicted octanol–water partition coefficient (Wildman–Crippen LogP) is 3.83. The second-order valence-electron chi connectivity index (χ2n) is 4.53. The highest BCUT2D eigenvalue weighted by Gasteiger charge is 2.10. The molecule has 0 fully saturated rings. The van der Waals surface area contributed by atoms with E-state index in [2.05, 4.69) is 0 Å². The molecule has 0 aliphatic carbocycles. The number of hydrogen-bond acceptors (Lipinski definition) is 2. The summed E-state index contributed by atoms with van der Waals surface area (Å²) < 4.78 is 13.5. The van der Waals surface area contributed by atoms with Gasteiger partial charge in [0.05, 0.1) is 6.10 Å². The standard InChI is InChI=1S/C16H17FOS/c1-12-6-2-5-9-16(12)19-11-14(18)10-13-7-3-4-8-15(13)17/h2-9,14,18H,10-11H2,1H3. The third-order valence-corrected chi connectivity index (χ3v) is 4.26. The van der Waals surface area contributed by atoms with Crippen LogP contribution in [0.5, 0.6) is 0 Å². The largest absolute Gasteiger partial charge is 0.392 e. The number of aryl methyl sites for hydroxylation is 1. The maximum Gasteiger partial charge on any atom is 0.126 e. The summed E-state index contributed by atoms with van der Waals surface area (Å²) in [6.07, 6.45) is -0.188. The molecule has 0 aliphatic rings. The molecule has 0 bridgehead atoms. The summed E-state index contributed by atoms with van der Waals surface area (Å²) in [5, 5.41) is 9.99. The molecule has 0 amide bonds. The van der Waals surface area contributed by atoms with Gasteiger partial charge in [-0.05, 0) is 30.2 Å². The Balaban J connectivity index is 1.90. The SMILES string of the molecule is Cc1ccccc1SCC(O)Cc1ccccc1F. The van der Waals surface area contributed by atoms with Crippen LogP contribution in [-0.2, 0) is 6.42 Å². The van der Waals surface area contributed by atoms with E-state index in [1.807, 2.05) is 31.2 Å². The Morgan fingerprint density at radius 1 is 1.11 bits per heavy atom. The predicted molar refractivity (Wildman–Crippen MR) is 78.0 cm³/mol. The van der Waals surface area contributed by atoms with Crippen molar-refractivity contribution in [1.29, 1.82) is 0 Å². The molecule has 2 aromatic carbocycles. The molecule has 0 saturated heterocycles. The van der Waals surface area contributed by atoms with Crippen molar-refractivity contribution in [3.8, 4) is 0 Å². The van der Waals surface area contributed by atoms with E-state index < -0.39 is 6.10 Å². The molecule has 0 spiro atoms. The van der Waals surface area contributed by atoms with Crippen molar-refractivity contribution in [2.75, 3.05) is 5.75 Å². The number of aliphatic hydroxyl groups excluding tert-OH is 1. The Morgan fingerprint density at radius 2 is 1.79 bits per heavy atom. The molecule has 1 unspecified atom stereocenters. The second kappa shape index (κ2) is 6.73. The Morgan fingerprint density at radius 3 is 2.53 bits per heavy atom. The van der Waals surface area contributed by atoms with Gasteiger partial charge in [0.1, 0.15) is 5.82 Å². The maximum atomic E-state index is 13.5. The third-order valence-electron chi connectivity index (χ3n) is 2.94. The Bertz CT molecular complexity index is 542. The van der Waals surface area contributed by atoms with Crippen molar-refractivity contribution < 1.29 is 9.50 Å². The molecule has 1 atom stereocenters. The smallest absolute Gasteiger partial charge is 0.126 e. The fourth-order valence-corrected chi connectivity index (χ4v) is 2.84. The molecule has 19 heavy (non-hydrogen) atoms. The van der Waals surface area contributed by atoms with Crippen LogP contribution >= 0.6 is 11.8 Å². The Kier molecular flexibility index (Phi) is 5.00. The van der Waals surface area contributed by atoms with Gasteiger partial charge in [-0.3, -0.25) is 0 Å². The molecule has 1 N–H and O–H groups in total. The van der Waals surface area contributed by atoms with Crippen molar-refractivity contribution in [2.24, 2.45) is 0 Å². The molecule has 1 nitrogen and oxygen atoms in total. The highest BCUT2D eigenvalue weighted by molar-refractivity contribution is 7.99. The van der Waals surface area contributed by atoms with Gasteiger partial charge in [0.15, 0.2) is 0 Å². The normalized spacial score (nSPS) is 12.4. The van der Waals surface area contributed by atoms with E-state index in [1.165, 1.54) is 11.6 Å². The van der Waals surface area contributed by atoms with Gasteiger partial charge in [-0.1, -0.05) is 36.4 Å². The van der Waals surface area contributed by atoms with Gasteiger partial charge in [0, 0.05) is 17.1 Å². The summed E-state index contributed by atoms with van der Waals surface area (Å²) in [5.74, 6) is 0.321. The molecular weight excluding hydrogens is 259 g/mol. The number of rotatable bonds is 5. The van der Waals surface area contributed by atoms with Crippen LogP contribution in [0.25, 0.3) is 0 Å². The first kappa shape index (κ1) is 14.1. The molecule has 3 heteroatoms. The molecule has 2 aromatic rings. The minimum atomic E-state index is -0.540. The average molecular weight is 276 g/mol.